The molecule has 1 saturated heterocycles. The first-order valence-corrected chi connectivity index (χ1v) is 10.7. The van der Waals surface area contributed by atoms with Crippen LogP contribution in [0.1, 0.15) is 50.6 Å². The Morgan fingerprint density at radius 3 is 2.60 bits per heavy atom. The van der Waals surface area contributed by atoms with E-state index < -0.39 is 35.3 Å². The minimum absolute atomic E-state index is 0.0570. The maximum atomic E-state index is 13.8. The Bertz CT molecular complexity index is 858. The highest BCUT2D eigenvalue weighted by Crippen LogP contribution is 2.68. The molecule has 5 nitrogen and oxygen atoms in total. The molecular weight excluding hydrogens is 419 g/mol. The summed E-state index contributed by atoms with van der Waals surface area (Å²) < 4.78 is 41.3. The molecule has 1 spiro atoms. The summed E-state index contributed by atoms with van der Waals surface area (Å²) in [4.78, 5) is 26.4. The first-order chi connectivity index (χ1) is 14.1. The van der Waals surface area contributed by atoms with E-state index in [0.29, 0.717) is 44.3 Å². The Labute approximate surface area is 178 Å². The second-order valence-corrected chi connectivity index (χ2v) is 9.17. The third kappa shape index (κ3) is 3.74. The van der Waals surface area contributed by atoms with Gasteiger partial charge in [0.05, 0.1) is 11.1 Å². The fraction of sp³-hybridized carbons (Fsp3) is 0.619. The molecule has 1 aromatic rings. The third-order valence-corrected chi connectivity index (χ3v) is 7.30. The third-order valence-electron chi connectivity index (χ3n) is 7.01. The number of amides is 3. The fourth-order valence-corrected chi connectivity index (χ4v) is 5.09. The number of alkyl halides is 2. The summed E-state index contributed by atoms with van der Waals surface area (Å²) in [7, 11) is 0. The zero-order valence-electron chi connectivity index (χ0n) is 16.7. The van der Waals surface area contributed by atoms with E-state index in [-0.39, 0.29) is 23.3 Å². The number of halogens is 4. The van der Waals surface area contributed by atoms with Gasteiger partial charge in [0, 0.05) is 24.9 Å². The van der Waals surface area contributed by atoms with Gasteiger partial charge in [-0.2, -0.15) is 0 Å². The van der Waals surface area contributed by atoms with Crippen molar-refractivity contribution in [3.8, 4) is 0 Å². The van der Waals surface area contributed by atoms with Crippen LogP contribution in [0.3, 0.4) is 0 Å². The molecule has 4 rings (SSSR count). The highest BCUT2D eigenvalue weighted by molar-refractivity contribution is 6.30. The maximum Gasteiger partial charge on any atom is 0.318 e. The monoisotopic (exact) mass is 443 g/mol. The van der Waals surface area contributed by atoms with Crippen molar-refractivity contribution in [3.05, 3.63) is 34.6 Å². The van der Waals surface area contributed by atoms with Crippen molar-refractivity contribution in [3.63, 3.8) is 0 Å². The number of urea groups is 1. The van der Waals surface area contributed by atoms with Crippen LogP contribution in [-0.2, 0) is 4.79 Å². The van der Waals surface area contributed by atoms with Gasteiger partial charge >= 0.3 is 6.03 Å². The summed E-state index contributed by atoms with van der Waals surface area (Å²) >= 11 is 5.97. The molecule has 3 amide bonds. The molecule has 2 atom stereocenters. The topological polar surface area (TPSA) is 61.4 Å². The molecular formula is C21H25ClF3N3O2. The molecule has 0 bridgehead atoms. The zero-order chi connectivity index (χ0) is 21.7. The molecule has 2 N–H and O–H groups in total. The van der Waals surface area contributed by atoms with Crippen molar-refractivity contribution < 1.29 is 22.8 Å². The van der Waals surface area contributed by atoms with Crippen molar-refractivity contribution in [1.29, 1.82) is 0 Å². The van der Waals surface area contributed by atoms with E-state index in [0.717, 1.165) is 0 Å². The number of hydrogen-bond acceptors (Lipinski definition) is 2. The van der Waals surface area contributed by atoms with E-state index in [1.165, 1.54) is 17.0 Å². The molecule has 1 aliphatic heterocycles. The van der Waals surface area contributed by atoms with Crippen molar-refractivity contribution in [2.24, 2.45) is 11.3 Å². The van der Waals surface area contributed by atoms with Crippen LogP contribution in [0.2, 0.25) is 5.02 Å². The molecule has 30 heavy (non-hydrogen) atoms. The van der Waals surface area contributed by atoms with Crippen LogP contribution in [0.4, 0.5) is 18.0 Å². The molecule has 164 valence electrons. The van der Waals surface area contributed by atoms with E-state index >= 15 is 0 Å². The zero-order valence-corrected chi connectivity index (χ0v) is 17.4. The minimum Gasteiger partial charge on any atom is -0.353 e. The number of rotatable bonds is 3. The van der Waals surface area contributed by atoms with E-state index in [2.05, 4.69) is 10.6 Å². The molecule has 9 heteroatoms. The average molecular weight is 444 g/mol. The van der Waals surface area contributed by atoms with E-state index in [4.69, 9.17) is 11.6 Å². The Hall–Kier alpha value is -1.96. The second-order valence-electron chi connectivity index (χ2n) is 8.76. The largest absolute Gasteiger partial charge is 0.353 e. The van der Waals surface area contributed by atoms with Crippen molar-refractivity contribution in [2.75, 3.05) is 13.1 Å². The van der Waals surface area contributed by atoms with Gasteiger partial charge in [-0.25, -0.2) is 18.0 Å². The summed E-state index contributed by atoms with van der Waals surface area (Å²) in [5, 5.41) is 5.63. The molecule has 0 unspecified atom stereocenters. The lowest BCUT2D eigenvalue weighted by molar-refractivity contribution is -0.126. The molecule has 3 fully saturated rings. The summed E-state index contributed by atoms with van der Waals surface area (Å²) in [6.07, 6.45) is 1.80. The lowest BCUT2D eigenvalue weighted by Gasteiger charge is -2.38. The summed E-state index contributed by atoms with van der Waals surface area (Å²) in [5.41, 5.74) is -0.259. The van der Waals surface area contributed by atoms with Gasteiger partial charge in [-0.05, 0) is 56.2 Å². The van der Waals surface area contributed by atoms with Crippen LogP contribution in [0, 0.1) is 17.2 Å². The standard InChI is InChI=1S/C21H25ClF3N3O2/c1-12-18(29)26-8-9-28(12)19(30)27-17(14-2-3-16(23)15(22)10-14)13-4-6-20(7-5-13)11-21(20,24)25/h2-3,10,12-13,17H,4-9,11H2,1H3,(H,26,29)(H,27,30)/t12-,13?,17+,20?/m1/s1. The SMILES string of the molecule is C[C@@H]1C(=O)NCCN1C(=O)N[C@H](c1ccc(F)c(Cl)c1)C1CCC2(CC1)CC2(F)F. The molecule has 0 radical (unpaired) electrons. The van der Waals surface area contributed by atoms with Gasteiger partial charge in [0.15, 0.2) is 0 Å². The maximum absolute atomic E-state index is 13.8. The van der Waals surface area contributed by atoms with Crippen LogP contribution in [0.25, 0.3) is 0 Å². The van der Waals surface area contributed by atoms with Gasteiger partial charge in [-0.1, -0.05) is 17.7 Å². The number of carbonyl (C=O) groups is 2. The Morgan fingerprint density at radius 2 is 2.00 bits per heavy atom. The van der Waals surface area contributed by atoms with Crippen LogP contribution >= 0.6 is 11.6 Å². The van der Waals surface area contributed by atoms with Gasteiger partial charge < -0.3 is 15.5 Å². The van der Waals surface area contributed by atoms with Crippen LogP contribution in [-0.4, -0.2) is 41.9 Å². The molecule has 0 aromatic heterocycles. The average Bonchev–Trinajstić information content (AvgIpc) is 3.24. The van der Waals surface area contributed by atoms with E-state index in [9.17, 15) is 22.8 Å². The number of carbonyl (C=O) groups excluding carboxylic acids is 2. The predicted octanol–water partition coefficient (Wildman–Crippen LogP) is 4.27. The first kappa shape index (κ1) is 21.3. The fourth-order valence-electron chi connectivity index (χ4n) is 4.90. The number of hydrogen-bond donors (Lipinski definition) is 2. The van der Waals surface area contributed by atoms with Gasteiger partial charge in [0.1, 0.15) is 11.9 Å². The van der Waals surface area contributed by atoms with Crippen LogP contribution in [0.5, 0.6) is 0 Å². The number of nitrogens with zero attached hydrogens (tertiary/aromatic N) is 1. The van der Waals surface area contributed by atoms with Crippen molar-refractivity contribution in [2.45, 2.75) is 57.0 Å². The van der Waals surface area contributed by atoms with Gasteiger partial charge in [-0.15, -0.1) is 0 Å². The number of nitrogens with one attached hydrogen (secondary N) is 2. The number of benzene rings is 1. The summed E-state index contributed by atoms with van der Waals surface area (Å²) in [5.74, 6) is -3.46. The molecule has 1 aromatic carbocycles. The molecule has 1 heterocycles. The summed E-state index contributed by atoms with van der Waals surface area (Å²) in [6, 6.07) is 2.76. The highest BCUT2D eigenvalue weighted by Gasteiger charge is 2.70. The molecule has 3 aliphatic rings. The minimum atomic E-state index is -2.59. The van der Waals surface area contributed by atoms with E-state index in [1.54, 1.807) is 13.0 Å². The lowest BCUT2D eigenvalue weighted by Crippen LogP contribution is -2.58. The van der Waals surface area contributed by atoms with Gasteiger partial charge in [0.25, 0.3) is 5.92 Å². The van der Waals surface area contributed by atoms with Crippen molar-refractivity contribution in [1.82, 2.24) is 15.5 Å². The quantitative estimate of drug-likeness (QED) is 0.733. The smallest absolute Gasteiger partial charge is 0.318 e. The van der Waals surface area contributed by atoms with E-state index in [1.807, 2.05) is 0 Å². The normalized spacial score (nSPS) is 31.2. The second kappa shape index (κ2) is 7.62. The van der Waals surface area contributed by atoms with Gasteiger partial charge in [-0.3, -0.25) is 4.79 Å². The first-order valence-electron chi connectivity index (χ1n) is 10.3. The predicted molar refractivity (Wildman–Crippen MR) is 106 cm³/mol. The Kier molecular flexibility index (Phi) is 5.41. The Balaban J connectivity index is 1.54. The Morgan fingerprint density at radius 1 is 1.33 bits per heavy atom. The van der Waals surface area contributed by atoms with Crippen molar-refractivity contribution >= 4 is 23.5 Å². The van der Waals surface area contributed by atoms with Crippen LogP contribution < -0.4 is 10.6 Å². The lowest BCUT2D eigenvalue weighted by atomic mass is 9.74. The highest BCUT2D eigenvalue weighted by atomic mass is 35.5. The van der Waals surface area contributed by atoms with Gasteiger partial charge in [0.2, 0.25) is 5.91 Å². The van der Waals surface area contributed by atoms with Crippen LogP contribution in [0.15, 0.2) is 18.2 Å². The number of piperazine rings is 1. The molecule has 2 saturated carbocycles. The summed E-state index contributed by atoms with van der Waals surface area (Å²) in [6.45, 7) is 2.39. The molecule has 2 aliphatic carbocycles.